The molecule has 0 aliphatic heterocycles. The summed E-state index contributed by atoms with van der Waals surface area (Å²) in [6.07, 6.45) is 2.37. The Labute approximate surface area is 104 Å². The highest BCUT2D eigenvalue weighted by Crippen LogP contribution is 2.16. The number of nitrogens with zero attached hydrogens (tertiary/aromatic N) is 1. The molecule has 1 aromatic carbocycles. The van der Waals surface area contributed by atoms with Crippen LogP contribution in [0.4, 0.5) is 5.69 Å². The second kappa shape index (κ2) is 7.07. The summed E-state index contributed by atoms with van der Waals surface area (Å²) < 4.78 is 0. The van der Waals surface area contributed by atoms with Gasteiger partial charge < -0.3 is 10.6 Å². The van der Waals surface area contributed by atoms with E-state index in [4.69, 9.17) is 5.73 Å². The molecule has 0 aliphatic rings. The van der Waals surface area contributed by atoms with E-state index in [2.05, 4.69) is 0 Å². The van der Waals surface area contributed by atoms with Crippen molar-refractivity contribution in [1.29, 1.82) is 0 Å². The first-order valence-corrected chi connectivity index (χ1v) is 6.26. The van der Waals surface area contributed by atoms with Crippen LogP contribution in [-0.4, -0.2) is 19.0 Å². The maximum atomic E-state index is 12.0. The molecule has 1 amide bonds. The maximum Gasteiger partial charge on any atom is 0.226 e. The lowest BCUT2D eigenvalue weighted by Crippen LogP contribution is -2.30. The summed E-state index contributed by atoms with van der Waals surface area (Å²) in [6, 6.07) is 8.07. The number of carbonyl (C=O) groups excluding carboxylic acids is 1. The van der Waals surface area contributed by atoms with E-state index in [0.717, 1.165) is 18.5 Å². The molecule has 0 bridgehead atoms. The molecule has 0 atom stereocenters. The number of aryl methyl sites for hydroxylation is 1. The van der Waals surface area contributed by atoms with E-state index in [-0.39, 0.29) is 5.91 Å². The summed E-state index contributed by atoms with van der Waals surface area (Å²) in [5.41, 5.74) is 7.62. The highest BCUT2D eigenvalue weighted by Gasteiger charge is 2.12. The number of nitrogens with two attached hydrogens (primary N) is 1. The largest absolute Gasteiger partial charge is 0.330 e. The molecule has 0 heterocycles. The SMILES string of the molecule is CCN(C(=O)CCCCN)c1ccc(C)cc1. The minimum Gasteiger partial charge on any atom is -0.330 e. The van der Waals surface area contributed by atoms with Gasteiger partial charge in [-0.15, -0.1) is 0 Å². The van der Waals surface area contributed by atoms with Crippen LogP contribution < -0.4 is 10.6 Å². The van der Waals surface area contributed by atoms with Crippen molar-refractivity contribution in [2.75, 3.05) is 18.0 Å². The van der Waals surface area contributed by atoms with Crippen LogP contribution in [0.1, 0.15) is 31.7 Å². The number of benzene rings is 1. The Morgan fingerprint density at radius 1 is 1.24 bits per heavy atom. The second-order valence-corrected chi connectivity index (χ2v) is 4.22. The zero-order valence-electron chi connectivity index (χ0n) is 10.8. The minimum absolute atomic E-state index is 0.185. The van der Waals surface area contributed by atoms with Crippen molar-refractivity contribution in [2.45, 2.75) is 33.1 Å². The molecule has 0 aromatic heterocycles. The third kappa shape index (κ3) is 4.19. The highest BCUT2D eigenvalue weighted by atomic mass is 16.2. The van der Waals surface area contributed by atoms with Crippen LogP contribution in [0, 0.1) is 6.92 Å². The first-order valence-electron chi connectivity index (χ1n) is 6.26. The van der Waals surface area contributed by atoms with Gasteiger partial charge in [0, 0.05) is 18.7 Å². The Balaban J connectivity index is 2.64. The van der Waals surface area contributed by atoms with Gasteiger partial charge in [-0.25, -0.2) is 0 Å². The number of anilines is 1. The number of amides is 1. The molecule has 3 nitrogen and oxygen atoms in total. The van der Waals surface area contributed by atoms with Crippen LogP contribution in [0.25, 0.3) is 0 Å². The molecule has 0 radical (unpaired) electrons. The van der Waals surface area contributed by atoms with E-state index in [0.29, 0.717) is 19.5 Å². The Kier molecular flexibility index (Phi) is 5.70. The molecule has 0 saturated carbocycles. The predicted octanol–water partition coefficient (Wildman–Crippen LogP) is 2.48. The second-order valence-electron chi connectivity index (χ2n) is 4.22. The van der Waals surface area contributed by atoms with Crippen molar-refractivity contribution in [1.82, 2.24) is 0 Å². The van der Waals surface area contributed by atoms with Crippen molar-refractivity contribution in [3.63, 3.8) is 0 Å². The van der Waals surface area contributed by atoms with Crippen LogP contribution in [0.5, 0.6) is 0 Å². The Morgan fingerprint density at radius 3 is 2.41 bits per heavy atom. The van der Waals surface area contributed by atoms with Crippen LogP contribution >= 0.6 is 0 Å². The molecule has 0 spiro atoms. The van der Waals surface area contributed by atoms with Crippen molar-refractivity contribution >= 4 is 11.6 Å². The van der Waals surface area contributed by atoms with E-state index >= 15 is 0 Å². The standard InChI is InChI=1S/C14H22N2O/c1-3-16(14(17)6-4-5-11-15)13-9-7-12(2)8-10-13/h7-10H,3-6,11,15H2,1-2H3. The molecule has 1 aromatic rings. The molecular weight excluding hydrogens is 212 g/mol. The van der Waals surface area contributed by atoms with Crippen molar-refractivity contribution < 1.29 is 4.79 Å². The Hall–Kier alpha value is -1.35. The smallest absolute Gasteiger partial charge is 0.226 e. The van der Waals surface area contributed by atoms with Gasteiger partial charge in [0.1, 0.15) is 0 Å². The summed E-state index contributed by atoms with van der Waals surface area (Å²) in [7, 11) is 0. The molecular formula is C14H22N2O. The fourth-order valence-electron chi connectivity index (χ4n) is 1.78. The van der Waals surface area contributed by atoms with Gasteiger partial charge in [0.05, 0.1) is 0 Å². The van der Waals surface area contributed by atoms with Crippen LogP contribution in [0.2, 0.25) is 0 Å². The quantitative estimate of drug-likeness (QED) is 0.769. The average molecular weight is 234 g/mol. The van der Waals surface area contributed by atoms with Gasteiger partial charge >= 0.3 is 0 Å². The van der Waals surface area contributed by atoms with Crippen LogP contribution in [0.3, 0.4) is 0 Å². The lowest BCUT2D eigenvalue weighted by molar-refractivity contribution is -0.118. The number of unbranched alkanes of at least 4 members (excludes halogenated alkanes) is 1. The molecule has 0 fully saturated rings. The highest BCUT2D eigenvalue weighted by molar-refractivity contribution is 5.93. The van der Waals surface area contributed by atoms with Gasteiger partial charge in [-0.1, -0.05) is 17.7 Å². The van der Waals surface area contributed by atoms with Gasteiger partial charge in [-0.05, 0) is 45.4 Å². The summed E-state index contributed by atoms with van der Waals surface area (Å²) in [4.78, 5) is 13.8. The summed E-state index contributed by atoms with van der Waals surface area (Å²) in [5, 5.41) is 0. The molecule has 17 heavy (non-hydrogen) atoms. The lowest BCUT2D eigenvalue weighted by Gasteiger charge is -2.21. The normalized spacial score (nSPS) is 10.3. The number of rotatable bonds is 6. The molecule has 0 aliphatic carbocycles. The van der Waals surface area contributed by atoms with Gasteiger partial charge in [0.2, 0.25) is 5.91 Å². The van der Waals surface area contributed by atoms with E-state index in [1.54, 1.807) is 0 Å². The molecule has 94 valence electrons. The van der Waals surface area contributed by atoms with E-state index < -0.39 is 0 Å². The lowest BCUT2D eigenvalue weighted by atomic mass is 10.2. The van der Waals surface area contributed by atoms with Crippen molar-refractivity contribution in [3.05, 3.63) is 29.8 Å². The summed E-state index contributed by atoms with van der Waals surface area (Å²) in [5.74, 6) is 0.185. The minimum atomic E-state index is 0.185. The van der Waals surface area contributed by atoms with Gasteiger partial charge in [0.15, 0.2) is 0 Å². The molecule has 2 N–H and O–H groups in total. The maximum absolute atomic E-state index is 12.0. The molecule has 0 unspecified atom stereocenters. The summed E-state index contributed by atoms with van der Waals surface area (Å²) in [6.45, 7) is 5.41. The van der Waals surface area contributed by atoms with Crippen LogP contribution in [0.15, 0.2) is 24.3 Å². The van der Waals surface area contributed by atoms with E-state index in [1.165, 1.54) is 5.56 Å². The van der Waals surface area contributed by atoms with Gasteiger partial charge in [0.25, 0.3) is 0 Å². The number of hydrogen-bond acceptors (Lipinski definition) is 2. The Morgan fingerprint density at radius 2 is 1.88 bits per heavy atom. The van der Waals surface area contributed by atoms with Crippen LogP contribution in [-0.2, 0) is 4.79 Å². The zero-order valence-corrected chi connectivity index (χ0v) is 10.8. The van der Waals surface area contributed by atoms with Gasteiger partial charge in [-0.3, -0.25) is 4.79 Å². The number of carbonyl (C=O) groups is 1. The average Bonchev–Trinajstić information content (AvgIpc) is 2.33. The van der Waals surface area contributed by atoms with Gasteiger partial charge in [-0.2, -0.15) is 0 Å². The zero-order chi connectivity index (χ0) is 12.7. The predicted molar refractivity (Wildman–Crippen MR) is 72.1 cm³/mol. The molecule has 0 saturated heterocycles. The molecule has 3 heteroatoms. The molecule has 1 rings (SSSR count). The topological polar surface area (TPSA) is 46.3 Å². The third-order valence-corrected chi connectivity index (χ3v) is 2.81. The van der Waals surface area contributed by atoms with E-state index in [1.807, 2.05) is 43.0 Å². The van der Waals surface area contributed by atoms with Crippen molar-refractivity contribution in [3.8, 4) is 0 Å². The van der Waals surface area contributed by atoms with E-state index in [9.17, 15) is 4.79 Å². The van der Waals surface area contributed by atoms with Crippen molar-refractivity contribution in [2.24, 2.45) is 5.73 Å². The fourth-order valence-corrected chi connectivity index (χ4v) is 1.78. The first kappa shape index (κ1) is 13.7. The monoisotopic (exact) mass is 234 g/mol. The third-order valence-electron chi connectivity index (χ3n) is 2.81. The fraction of sp³-hybridized carbons (Fsp3) is 0.500. The number of hydrogen-bond donors (Lipinski definition) is 1. The summed E-state index contributed by atoms with van der Waals surface area (Å²) >= 11 is 0. The first-order chi connectivity index (χ1) is 8.19. The Bertz CT molecular complexity index is 346.